The van der Waals surface area contributed by atoms with Gasteiger partial charge in [0.05, 0.1) is 24.9 Å². The van der Waals surface area contributed by atoms with Crippen molar-refractivity contribution in [2.75, 3.05) is 20.2 Å². The lowest BCUT2D eigenvalue weighted by molar-refractivity contribution is -0.175. The standard InChI is InChI=1S/C26H29N3O6/c1-34-18-7-8-21-20(13-18)19(9-11-28-21)22(30)15-29-12-10-26(24(31)32,14-23(29)27)25(33)35-16-17-5-3-2-4-6-17/h2-9,11,13,22-23,30H,10,12,14-16,27H2,1H3,(H,31,32). The molecule has 0 aliphatic carbocycles. The zero-order valence-corrected chi connectivity index (χ0v) is 19.5. The first-order valence-electron chi connectivity index (χ1n) is 11.4. The fraction of sp³-hybridized carbons (Fsp3) is 0.346. The van der Waals surface area contributed by atoms with Crippen molar-refractivity contribution < 1.29 is 29.3 Å². The van der Waals surface area contributed by atoms with E-state index in [-0.39, 0.29) is 32.5 Å². The van der Waals surface area contributed by atoms with Crippen molar-refractivity contribution in [3.8, 4) is 5.75 Å². The maximum Gasteiger partial charge on any atom is 0.323 e. The first-order valence-corrected chi connectivity index (χ1v) is 11.4. The Morgan fingerprint density at radius 1 is 1.23 bits per heavy atom. The van der Waals surface area contributed by atoms with Gasteiger partial charge >= 0.3 is 11.9 Å². The quantitative estimate of drug-likeness (QED) is 0.329. The highest BCUT2D eigenvalue weighted by atomic mass is 16.5. The number of fused-ring (bicyclic) bond motifs is 1. The molecular formula is C26H29N3O6. The molecule has 0 spiro atoms. The van der Waals surface area contributed by atoms with Crippen LogP contribution >= 0.6 is 0 Å². The Morgan fingerprint density at radius 2 is 2.00 bits per heavy atom. The zero-order chi connectivity index (χ0) is 25.0. The molecule has 1 saturated heterocycles. The topological polar surface area (TPSA) is 135 Å². The molecule has 9 heteroatoms. The summed E-state index contributed by atoms with van der Waals surface area (Å²) < 4.78 is 10.7. The van der Waals surface area contributed by atoms with Crippen LogP contribution in [-0.2, 0) is 20.9 Å². The second kappa shape index (κ2) is 10.4. The maximum atomic E-state index is 12.9. The van der Waals surface area contributed by atoms with E-state index in [4.69, 9.17) is 15.2 Å². The van der Waals surface area contributed by atoms with Crippen molar-refractivity contribution in [1.82, 2.24) is 9.88 Å². The molecule has 4 rings (SSSR count). The number of aliphatic hydroxyl groups is 1. The highest BCUT2D eigenvalue weighted by Gasteiger charge is 2.52. The van der Waals surface area contributed by atoms with Gasteiger partial charge in [0.25, 0.3) is 0 Å². The molecule has 1 aromatic heterocycles. The third-order valence-corrected chi connectivity index (χ3v) is 6.61. The van der Waals surface area contributed by atoms with Crippen LogP contribution in [-0.4, -0.2) is 58.4 Å². The molecule has 3 aromatic rings. The lowest BCUT2D eigenvalue weighted by atomic mass is 9.77. The van der Waals surface area contributed by atoms with Gasteiger partial charge in [-0.3, -0.25) is 19.5 Å². The fourth-order valence-corrected chi connectivity index (χ4v) is 4.53. The molecule has 0 amide bonds. The summed E-state index contributed by atoms with van der Waals surface area (Å²) in [6, 6.07) is 16.3. The number of ether oxygens (including phenoxy) is 2. The number of carbonyl (C=O) groups excluding carboxylic acids is 1. The Kier molecular flexibility index (Phi) is 7.30. The number of aromatic nitrogens is 1. The summed E-state index contributed by atoms with van der Waals surface area (Å²) in [5.74, 6) is -1.40. The average molecular weight is 480 g/mol. The minimum Gasteiger partial charge on any atom is -0.497 e. The molecule has 2 heterocycles. The van der Waals surface area contributed by atoms with E-state index in [9.17, 15) is 19.8 Å². The van der Waals surface area contributed by atoms with Gasteiger partial charge in [-0.15, -0.1) is 0 Å². The number of nitrogens with zero attached hydrogens (tertiary/aromatic N) is 2. The number of methoxy groups -OCH3 is 1. The maximum absolute atomic E-state index is 12.9. The molecule has 1 fully saturated rings. The van der Waals surface area contributed by atoms with E-state index in [0.29, 0.717) is 11.3 Å². The summed E-state index contributed by atoms with van der Waals surface area (Å²) in [6.07, 6.45) is -0.112. The SMILES string of the molecule is COc1ccc2nccc(C(O)CN3CCC(C(=O)O)(C(=O)OCc4ccccc4)CC3N)c2c1. The molecule has 2 aromatic carbocycles. The predicted molar refractivity (Wildman–Crippen MR) is 128 cm³/mol. The minimum atomic E-state index is -1.73. The zero-order valence-electron chi connectivity index (χ0n) is 19.5. The van der Waals surface area contributed by atoms with Crippen molar-refractivity contribution in [1.29, 1.82) is 0 Å². The van der Waals surface area contributed by atoms with Gasteiger partial charge in [0.15, 0.2) is 5.41 Å². The number of carboxylic acid groups (broad SMARTS) is 1. The molecular weight excluding hydrogens is 450 g/mol. The molecule has 0 bridgehead atoms. The van der Waals surface area contributed by atoms with Crippen LogP contribution in [0.4, 0.5) is 0 Å². The number of aliphatic hydroxyl groups excluding tert-OH is 1. The Morgan fingerprint density at radius 3 is 2.69 bits per heavy atom. The number of aliphatic carboxylic acids is 1. The number of piperidine rings is 1. The fourth-order valence-electron chi connectivity index (χ4n) is 4.53. The van der Waals surface area contributed by atoms with Crippen molar-refractivity contribution in [2.24, 2.45) is 11.1 Å². The molecule has 1 aliphatic heterocycles. The third kappa shape index (κ3) is 5.12. The van der Waals surface area contributed by atoms with E-state index in [1.54, 1.807) is 42.5 Å². The average Bonchev–Trinajstić information content (AvgIpc) is 2.88. The number of likely N-dealkylation sites (tertiary alicyclic amines) is 1. The Labute approximate surface area is 203 Å². The van der Waals surface area contributed by atoms with Crippen molar-refractivity contribution in [3.63, 3.8) is 0 Å². The van der Waals surface area contributed by atoms with Gasteiger partial charge in [-0.1, -0.05) is 30.3 Å². The number of carboxylic acids is 1. The van der Waals surface area contributed by atoms with Crippen molar-refractivity contribution in [3.05, 3.63) is 71.9 Å². The summed E-state index contributed by atoms with van der Waals surface area (Å²) in [5.41, 5.74) is 6.76. The third-order valence-electron chi connectivity index (χ3n) is 6.61. The van der Waals surface area contributed by atoms with Gasteiger partial charge in [-0.05, 0) is 41.8 Å². The van der Waals surface area contributed by atoms with Crippen molar-refractivity contribution >= 4 is 22.8 Å². The largest absolute Gasteiger partial charge is 0.497 e. The highest BCUT2D eigenvalue weighted by molar-refractivity contribution is 5.99. The van der Waals surface area contributed by atoms with E-state index in [1.165, 1.54) is 0 Å². The predicted octanol–water partition coefficient (Wildman–Crippen LogP) is 2.47. The lowest BCUT2D eigenvalue weighted by Crippen LogP contribution is -2.57. The van der Waals surface area contributed by atoms with Gasteiger partial charge in [0, 0.05) is 31.1 Å². The van der Waals surface area contributed by atoms with Gasteiger partial charge in [0.2, 0.25) is 0 Å². The molecule has 0 saturated carbocycles. The number of carbonyl (C=O) groups is 2. The second-order valence-corrected chi connectivity index (χ2v) is 8.76. The van der Waals surface area contributed by atoms with Crippen LogP contribution < -0.4 is 10.5 Å². The second-order valence-electron chi connectivity index (χ2n) is 8.76. The van der Waals surface area contributed by atoms with Crippen LogP contribution in [0.25, 0.3) is 10.9 Å². The van der Waals surface area contributed by atoms with E-state index in [0.717, 1.165) is 16.5 Å². The Bertz CT molecular complexity index is 1200. The summed E-state index contributed by atoms with van der Waals surface area (Å²) in [4.78, 5) is 31.2. The van der Waals surface area contributed by atoms with Gasteiger partial charge in [-0.2, -0.15) is 0 Å². The van der Waals surface area contributed by atoms with Crippen LogP contribution in [0.2, 0.25) is 0 Å². The molecule has 4 N–H and O–H groups in total. The normalized spacial score (nSPS) is 21.4. The summed E-state index contributed by atoms with van der Waals surface area (Å²) >= 11 is 0. The highest BCUT2D eigenvalue weighted by Crippen LogP contribution is 2.37. The Balaban J connectivity index is 1.46. The van der Waals surface area contributed by atoms with Crippen LogP contribution in [0.5, 0.6) is 5.75 Å². The lowest BCUT2D eigenvalue weighted by Gasteiger charge is -2.42. The summed E-state index contributed by atoms with van der Waals surface area (Å²) in [6.45, 7) is 0.383. The van der Waals surface area contributed by atoms with Gasteiger partial charge in [0.1, 0.15) is 12.4 Å². The molecule has 3 atom stereocenters. The number of benzene rings is 2. The smallest absolute Gasteiger partial charge is 0.323 e. The van der Waals surface area contributed by atoms with Crippen LogP contribution in [0.1, 0.15) is 30.1 Å². The number of hydrogen-bond donors (Lipinski definition) is 3. The van der Waals surface area contributed by atoms with E-state index >= 15 is 0 Å². The minimum absolute atomic E-state index is 0.00898. The number of rotatable bonds is 8. The summed E-state index contributed by atoms with van der Waals surface area (Å²) in [7, 11) is 1.57. The number of nitrogens with two attached hydrogens (primary N) is 1. The van der Waals surface area contributed by atoms with E-state index < -0.39 is 29.6 Å². The summed E-state index contributed by atoms with van der Waals surface area (Å²) in [5, 5.41) is 21.7. The Hall–Kier alpha value is -3.53. The van der Waals surface area contributed by atoms with E-state index in [2.05, 4.69) is 4.98 Å². The monoisotopic (exact) mass is 479 g/mol. The van der Waals surface area contributed by atoms with Gasteiger partial charge < -0.3 is 25.4 Å². The van der Waals surface area contributed by atoms with Crippen LogP contribution in [0.15, 0.2) is 60.8 Å². The number of hydrogen-bond acceptors (Lipinski definition) is 8. The molecule has 3 unspecified atom stereocenters. The molecule has 0 radical (unpaired) electrons. The molecule has 9 nitrogen and oxygen atoms in total. The van der Waals surface area contributed by atoms with Gasteiger partial charge in [-0.25, -0.2) is 0 Å². The van der Waals surface area contributed by atoms with Crippen LogP contribution in [0.3, 0.4) is 0 Å². The van der Waals surface area contributed by atoms with Crippen molar-refractivity contribution in [2.45, 2.75) is 31.7 Å². The molecule has 184 valence electrons. The molecule has 1 aliphatic rings. The van der Waals surface area contributed by atoms with Crippen LogP contribution in [0, 0.1) is 5.41 Å². The number of β-amino-alcohol motifs (C(OH)–C–C–N with tert-alkyl or cyclic N) is 1. The first kappa shape index (κ1) is 24.6. The number of pyridine rings is 1. The number of esters is 1. The van der Waals surface area contributed by atoms with E-state index in [1.807, 2.05) is 30.3 Å². The molecule has 35 heavy (non-hydrogen) atoms. The first-order chi connectivity index (χ1) is 16.8.